The minimum Gasteiger partial charge on any atom is -0.359 e. The number of rotatable bonds is 5. The van der Waals surface area contributed by atoms with Gasteiger partial charge in [-0.3, -0.25) is 14.4 Å². The Bertz CT molecular complexity index is 1250. The number of carbonyl (C=O) groups excluding carboxylic acids is 3. The third kappa shape index (κ3) is 5.32. The van der Waals surface area contributed by atoms with Crippen molar-refractivity contribution in [2.45, 2.75) is 6.92 Å². The van der Waals surface area contributed by atoms with Crippen LogP contribution in [0.5, 0.6) is 0 Å². The molecule has 1 aromatic heterocycles. The number of thiophene rings is 1. The SMILES string of the molecule is Cc1cc(NC(=O)c2cccc(F)c2)sc1C(=O)Nc1ccc(N2CCNC(=O)C2)c(Cl)c1. The molecule has 0 aliphatic carbocycles. The van der Waals surface area contributed by atoms with Gasteiger partial charge in [-0.25, -0.2) is 4.39 Å². The van der Waals surface area contributed by atoms with Crippen LogP contribution in [-0.4, -0.2) is 37.4 Å². The summed E-state index contributed by atoms with van der Waals surface area (Å²) in [5.41, 5.74) is 2.11. The third-order valence-electron chi connectivity index (χ3n) is 5.03. The predicted molar refractivity (Wildman–Crippen MR) is 128 cm³/mol. The molecule has 0 unspecified atom stereocenters. The number of nitrogens with one attached hydrogen (secondary N) is 3. The molecule has 0 bridgehead atoms. The summed E-state index contributed by atoms with van der Waals surface area (Å²) in [5, 5.41) is 9.17. The van der Waals surface area contributed by atoms with Gasteiger partial charge in [-0.2, -0.15) is 0 Å². The number of aryl methyl sites for hydroxylation is 1. The molecular weight excluding hydrogens is 467 g/mol. The molecule has 1 aliphatic heterocycles. The second kappa shape index (κ2) is 9.60. The summed E-state index contributed by atoms with van der Waals surface area (Å²) in [5.74, 6) is -1.37. The van der Waals surface area contributed by atoms with Gasteiger partial charge >= 0.3 is 0 Å². The van der Waals surface area contributed by atoms with E-state index in [-0.39, 0.29) is 23.9 Å². The van der Waals surface area contributed by atoms with E-state index in [1.807, 2.05) is 4.90 Å². The minimum atomic E-state index is -0.502. The highest BCUT2D eigenvalue weighted by molar-refractivity contribution is 7.18. The van der Waals surface area contributed by atoms with Crippen molar-refractivity contribution in [3.8, 4) is 0 Å². The molecule has 1 fully saturated rings. The number of piperazine rings is 1. The van der Waals surface area contributed by atoms with Crippen LogP contribution in [0.2, 0.25) is 5.02 Å². The lowest BCUT2D eigenvalue weighted by atomic mass is 10.2. The molecule has 3 N–H and O–H groups in total. The molecule has 1 saturated heterocycles. The zero-order valence-corrected chi connectivity index (χ0v) is 19.1. The Kier molecular flexibility index (Phi) is 6.62. The lowest BCUT2D eigenvalue weighted by molar-refractivity contribution is -0.120. The standard InChI is InChI=1S/C23H20ClFN4O3S/c1-13-9-20(28-22(31)14-3-2-4-15(25)10-14)33-21(13)23(32)27-16-5-6-18(17(24)11-16)29-8-7-26-19(30)12-29/h2-6,9-11H,7-8,12H2,1H3,(H,26,30)(H,27,32)(H,28,31). The topological polar surface area (TPSA) is 90.5 Å². The van der Waals surface area contributed by atoms with E-state index in [1.54, 1.807) is 31.2 Å². The second-order valence-electron chi connectivity index (χ2n) is 7.48. The van der Waals surface area contributed by atoms with Crippen LogP contribution in [0, 0.1) is 12.7 Å². The summed E-state index contributed by atoms with van der Waals surface area (Å²) < 4.78 is 13.4. The van der Waals surface area contributed by atoms with Crippen LogP contribution in [0.1, 0.15) is 25.6 Å². The molecule has 4 rings (SSSR count). The van der Waals surface area contributed by atoms with Gasteiger partial charge in [0.05, 0.1) is 27.1 Å². The van der Waals surface area contributed by atoms with Crippen LogP contribution in [0.25, 0.3) is 0 Å². The predicted octanol–water partition coefficient (Wildman–Crippen LogP) is 4.29. The van der Waals surface area contributed by atoms with Gasteiger partial charge in [0, 0.05) is 24.3 Å². The molecule has 2 aromatic carbocycles. The van der Waals surface area contributed by atoms with Gasteiger partial charge in [0.1, 0.15) is 5.82 Å². The zero-order chi connectivity index (χ0) is 23.5. The van der Waals surface area contributed by atoms with Crippen molar-refractivity contribution in [1.29, 1.82) is 0 Å². The zero-order valence-electron chi connectivity index (χ0n) is 17.6. The number of hydrogen-bond acceptors (Lipinski definition) is 5. The van der Waals surface area contributed by atoms with Crippen LogP contribution < -0.4 is 20.9 Å². The molecule has 10 heteroatoms. The fourth-order valence-electron chi connectivity index (χ4n) is 3.46. The van der Waals surface area contributed by atoms with E-state index in [4.69, 9.17) is 11.6 Å². The molecule has 0 saturated carbocycles. The molecule has 33 heavy (non-hydrogen) atoms. The quantitative estimate of drug-likeness (QED) is 0.502. The molecule has 0 radical (unpaired) electrons. The first kappa shape index (κ1) is 22.8. The van der Waals surface area contributed by atoms with Crippen LogP contribution in [0.15, 0.2) is 48.5 Å². The van der Waals surface area contributed by atoms with Crippen molar-refractivity contribution in [2.24, 2.45) is 0 Å². The van der Waals surface area contributed by atoms with Crippen molar-refractivity contribution < 1.29 is 18.8 Å². The number of hydrogen-bond donors (Lipinski definition) is 3. The van der Waals surface area contributed by atoms with E-state index in [9.17, 15) is 18.8 Å². The van der Waals surface area contributed by atoms with Crippen LogP contribution in [-0.2, 0) is 4.79 Å². The Morgan fingerprint density at radius 2 is 1.94 bits per heavy atom. The minimum absolute atomic E-state index is 0.0665. The largest absolute Gasteiger partial charge is 0.359 e. The number of amides is 3. The molecular formula is C23H20ClFN4O3S. The van der Waals surface area contributed by atoms with Crippen molar-refractivity contribution in [1.82, 2.24) is 5.32 Å². The van der Waals surface area contributed by atoms with E-state index in [0.29, 0.717) is 39.2 Å². The Morgan fingerprint density at radius 1 is 1.12 bits per heavy atom. The highest BCUT2D eigenvalue weighted by atomic mass is 35.5. The molecule has 170 valence electrons. The fraction of sp³-hybridized carbons (Fsp3) is 0.174. The Hall–Kier alpha value is -3.43. The lowest BCUT2D eigenvalue weighted by Gasteiger charge is -2.29. The van der Waals surface area contributed by atoms with Gasteiger partial charge in [0.25, 0.3) is 11.8 Å². The Balaban J connectivity index is 1.44. The van der Waals surface area contributed by atoms with Gasteiger partial charge in [-0.15, -0.1) is 11.3 Å². The number of benzene rings is 2. The maximum absolute atomic E-state index is 13.4. The van der Waals surface area contributed by atoms with E-state index < -0.39 is 11.7 Å². The number of halogens is 2. The highest BCUT2D eigenvalue weighted by Crippen LogP contribution is 2.31. The maximum Gasteiger partial charge on any atom is 0.266 e. The fourth-order valence-corrected chi connectivity index (χ4v) is 4.72. The monoisotopic (exact) mass is 486 g/mol. The van der Waals surface area contributed by atoms with Crippen molar-refractivity contribution in [3.05, 3.63) is 75.4 Å². The summed E-state index contributed by atoms with van der Waals surface area (Å²) in [6, 6.07) is 12.2. The van der Waals surface area contributed by atoms with Gasteiger partial charge in [-0.1, -0.05) is 17.7 Å². The van der Waals surface area contributed by atoms with Gasteiger partial charge in [0.2, 0.25) is 5.91 Å². The van der Waals surface area contributed by atoms with Crippen molar-refractivity contribution in [3.63, 3.8) is 0 Å². The second-order valence-corrected chi connectivity index (χ2v) is 8.94. The molecule has 7 nitrogen and oxygen atoms in total. The van der Waals surface area contributed by atoms with Gasteiger partial charge in [-0.05, 0) is 55.0 Å². The van der Waals surface area contributed by atoms with Crippen molar-refractivity contribution >= 4 is 57.0 Å². The van der Waals surface area contributed by atoms with E-state index >= 15 is 0 Å². The smallest absolute Gasteiger partial charge is 0.266 e. The first-order valence-electron chi connectivity index (χ1n) is 10.1. The maximum atomic E-state index is 13.4. The Labute approximate surface area is 198 Å². The average Bonchev–Trinajstić information content (AvgIpc) is 3.14. The first-order valence-corrected chi connectivity index (χ1v) is 11.3. The third-order valence-corrected chi connectivity index (χ3v) is 6.49. The summed E-state index contributed by atoms with van der Waals surface area (Å²) in [6.45, 7) is 3.18. The van der Waals surface area contributed by atoms with Crippen LogP contribution in [0.4, 0.5) is 20.8 Å². The highest BCUT2D eigenvalue weighted by Gasteiger charge is 2.20. The van der Waals surface area contributed by atoms with E-state index in [0.717, 1.165) is 23.1 Å². The number of nitrogens with zero attached hydrogens (tertiary/aromatic N) is 1. The molecule has 0 atom stereocenters. The van der Waals surface area contributed by atoms with E-state index in [1.165, 1.54) is 18.2 Å². The normalized spacial score (nSPS) is 13.4. The number of carbonyl (C=O) groups is 3. The summed E-state index contributed by atoms with van der Waals surface area (Å²) in [6.07, 6.45) is 0. The lowest BCUT2D eigenvalue weighted by Crippen LogP contribution is -2.47. The summed E-state index contributed by atoms with van der Waals surface area (Å²) >= 11 is 7.53. The van der Waals surface area contributed by atoms with Crippen LogP contribution >= 0.6 is 22.9 Å². The molecule has 1 aliphatic rings. The summed E-state index contributed by atoms with van der Waals surface area (Å²) in [4.78, 5) is 39.1. The Morgan fingerprint density at radius 3 is 2.67 bits per heavy atom. The molecule has 3 aromatic rings. The van der Waals surface area contributed by atoms with Gasteiger partial charge < -0.3 is 20.9 Å². The van der Waals surface area contributed by atoms with E-state index in [2.05, 4.69) is 16.0 Å². The summed E-state index contributed by atoms with van der Waals surface area (Å²) in [7, 11) is 0. The average molecular weight is 487 g/mol. The van der Waals surface area contributed by atoms with Gasteiger partial charge in [0.15, 0.2) is 0 Å². The molecule has 0 spiro atoms. The number of anilines is 3. The van der Waals surface area contributed by atoms with Crippen molar-refractivity contribution in [2.75, 3.05) is 35.2 Å². The van der Waals surface area contributed by atoms with Crippen LogP contribution in [0.3, 0.4) is 0 Å². The molecule has 3 amide bonds. The first-order chi connectivity index (χ1) is 15.8. The molecule has 2 heterocycles.